The zero-order valence-electron chi connectivity index (χ0n) is 19.0. The van der Waals surface area contributed by atoms with E-state index in [0.717, 1.165) is 12.1 Å². The highest BCUT2D eigenvalue weighted by Crippen LogP contribution is 2.40. The summed E-state index contributed by atoms with van der Waals surface area (Å²) in [5, 5.41) is 2.89. The van der Waals surface area contributed by atoms with E-state index in [1.54, 1.807) is 0 Å². The largest absolute Gasteiger partial charge is 0.454 e. The Morgan fingerprint density at radius 2 is 1.74 bits per heavy atom. The van der Waals surface area contributed by atoms with Gasteiger partial charge in [0.25, 0.3) is 0 Å². The van der Waals surface area contributed by atoms with E-state index in [4.69, 9.17) is 27.9 Å². The molecule has 186 valence electrons. The van der Waals surface area contributed by atoms with Crippen molar-refractivity contribution in [3.8, 4) is 11.5 Å². The number of alkyl halides is 1. The third kappa shape index (κ3) is 7.04. The lowest BCUT2D eigenvalue weighted by molar-refractivity contribution is -0.117. The maximum Gasteiger partial charge on any atom is 0.224 e. The maximum absolute atomic E-state index is 14.2. The number of benzene rings is 2. The minimum atomic E-state index is -3.22. The standard InChI is InChI=1S/C23H26Cl2F2N2O4S/c1-23(2,27)15-9-16(26)11-18(10-15)33-22-19(24)12-17(13-20(22)25)28-21(30)8-14-4-6-29(7-5-14)34(3,31)32/h9-14H,4-8H2,1-3H3,(H,28,30). The van der Waals surface area contributed by atoms with Crippen LogP contribution in [0.4, 0.5) is 14.5 Å². The van der Waals surface area contributed by atoms with Gasteiger partial charge in [-0.2, -0.15) is 0 Å². The first-order valence-electron chi connectivity index (χ1n) is 10.6. The summed E-state index contributed by atoms with van der Waals surface area (Å²) in [6.07, 6.45) is 2.60. The van der Waals surface area contributed by atoms with Gasteiger partial charge in [0, 0.05) is 31.3 Å². The molecule has 0 aromatic heterocycles. The van der Waals surface area contributed by atoms with Gasteiger partial charge in [-0.15, -0.1) is 0 Å². The van der Waals surface area contributed by atoms with E-state index >= 15 is 0 Å². The van der Waals surface area contributed by atoms with Crippen LogP contribution in [0.15, 0.2) is 30.3 Å². The van der Waals surface area contributed by atoms with Gasteiger partial charge in [-0.25, -0.2) is 21.5 Å². The smallest absolute Gasteiger partial charge is 0.224 e. The van der Waals surface area contributed by atoms with E-state index in [9.17, 15) is 22.0 Å². The fraction of sp³-hybridized carbons (Fsp3) is 0.435. The molecule has 0 spiro atoms. The van der Waals surface area contributed by atoms with E-state index in [2.05, 4.69) is 5.32 Å². The van der Waals surface area contributed by atoms with Gasteiger partial charge in [-0.1, -0.05) is 23.2 Å². The van der Waals surface area contributed by atoms with Crippen LogP contribution < -0.4 is 10.1 Å². The highest BCUT2D eigenvalue weighted by atomic mass is 35.5. The Morgan fingerprint density at radius 3 is 2.26 bits per heavy atom. The predicted molar refractivity (Wildman–Crippen MR) is 129 cm³/mol. The number of hydrogen-bond acceptors (Lipinski definition) is 4. The average Bonchev–Trinajstić information content (AvgIpc) is 2.69. The lowest BCUT2D eigenvalue weighted by atomic mass is 9.94. The molecule has 0 saturated carbocycles. The van der Waals surface area contributed by atoms with E-state index < -0.39 is 21.5 Å². The summed E-state index contributed by atoms with van der Waals surface area (Å²) in [5.74, 6) is -0.784. The summed E-state index contributed by atoms with van der Waals surface area (Å²) in [6.45, 7) is 3.39. The first-order chi connectivity index (χ1) is 15.7. The van der Waals surface area contributed by atoms with E-state index in [0.29, 0.717) is 31.6 Å². The van der Waals surface area contributed by atoms with Crippen LogP contribution >= 0.6 is 23.2 Å². The number of nitrogens with one attached hydrogen (secondary N) is 1. The number of sulfonamides is 1. The van der Waals surface area contributed by atoms with Gasteiger partial charge < -0.3 is 10.1 Å². The van der Waals surface area contributed by atoms with Crippen LogP contribution in [-0.4, -0.2) is 38.0 Å². The topological polar surface area (TPSA) is 75.7 Å². The Morgan fingerprint density at radius 1 is 1.15 bits per heavy atom. The second-order valence-electron chi connectivity index (χ2n) is 8.88. The van der Waals surface area contributed by atoms with Crippen molar-refractivity contribution in [1.29, 1.82) is 0 Å². The summed E-state index contributed by atoms with van der Waals surface area (Å²) in [6, 6.07) is 6.44. The number of piperidine rings is 1. The SMILES string of the molecule is CC(C)(F)c1cc(F)cc(Oc2c(Cl)cc(NC(=O)CC3CCN(S(C)(=O)=O)CC3)cc2Cl)c1. The van der Waals surface area contributed by atoms with Gasteiger partial charge in [0.15, 0.2) is 5.75 Å². The zero-order valence-corrected chi connectivity index (χ0v) is 21.3. The minimum Gasteiger partial charge on any atom is -0.454 e. The maximum atomic E-state index is 14.2. The third-order valence-corrected chi connectivity index (χ3v) is 7.44. The van der Waals surface area contributed by atoms with Crippen LogP contribution in [-0.2, 0) is 20.5 Å². The lowest BCUT2D eigenvalue weighted by Crippen LogP contribution is -2.38. The molecular formula is C23H26Cl2F2N2O4S. The molecule has 0 aliphatic carbocycles. The number of halogens is 4. The summed E-state index contributed by atoms with van der Waals surface area (Å²) < 4.78 is 58.5. The third-order valence-electron chi connectivity index (χ3n) is 5.58. The highest BCUT2D eigenvalue weighted by molar-refractivity contribution is 7.88. The number of ether oxygens (including phenoxy) is 1. The van der Waals surface area contributed by atoms with Gasteiger partial charge in [0.05, 0.1) is 16.3 Å². The molecule has 6 nitrogen and oxygen atoms in total. The number of nitrogens with zero attached hydrogens (tertiary/aromatic N) is 1. The van der Waals surface area contributed by atoms with Crippen LogP contribution in [0.5, 0.6) is 11.5 Å². The Kier molecular flexibility index (Phi) is 8.12. The van der Waals surface area contributed by atoms with Crippen LogP contribution in [0.1, 0.15) is 38.7 Å². The van der Waals surface area contributed by atoms with Crippen molar-refractivity contribution in [2.45, 2.75) is 38.8 Å². The zero-order chi connectivity index (χ0) is 25.3. The molecule has 1 N–H and O–H groups in total. The summed E-state index contributed by atoms with van der Waals surface area (Å²) >= 11 is 12.6. The highest BCUT2D eigenvalue weighted by Gasteiger charge is 2.26. The molecule has 0 unspecified atom stereocenters. The van der Waals surface area contributed by atoms with Gasteiger partial charge in [-0.3, -0.25) is 4.79 Å². The number of anilines is 1. The predicted octanol–water partition coefficient (Wildman–Crippen LogP) is 6.13. The summed E-state index contributed by atoms with van der Waals surface area (Å²) in [7, 11) is -3.22. The molecule has 2 aromatic carbocycles. The molecule has 1 fully saturated rings. The molecule has 2 aromatic rings. The Labute approximate surface area is 208 Å². The van der Waals surface area contributed by atoms with Gasteiger partial charge in [0.1, 0.15) is 17.2 Å². The number of carbonyl (C=O) groups excluding carboxylic acids is 1. The monoisotopic (exact) mass is 534 g/mol. The second kappa shape index (κ2) is 10.4. The van der Waals surface area contributed by atoms with Crippen molar-refractivity contribution in [3.05, 3.63) is 51.8 Å². The van der Waals surface area contributed by atoms with Crippen LogP contribution in [0.3, 0.4) is 0 Å². The number of rotatable bonds is 7. The molecular weight excluding hydrogens is 509 g/mol. The van der Waals surface area contributed by atoms with Crippen molar-refractivity contribution in [2.75, 3.05) is 24.7 Å². The summed E-state index contributed by atoms with van der Waals surface area (Å²) in [4.78, 5) is 12.5. The van der Waals surface area contributed by atoms with E-state index in [1.807, 2.05) is 0 Å². The Hall–Kier alpha value is -1.94. The van der Waals surface area contributed by atoms with E-state index in [-0.39, 0.29) is 45.4 Å². The lowest BCUT2D eigenvalue weighted by Gasteiger charge is -2.29. The van der Waals surface area contributed by atoms with Crippen molar-refractivity contribution in [3.63, 3.8) is 0 Å². The van der Waals surface area contributed by atoms with Crippen LogP contribution in [0, 0.1) is 11.7 Å². The van der Waals surface area contributed by atoms with Crippen molar-refractivity contribution < 1.29 is 26.7 Å². The van der Waals surface area contributed by atoms with E-state index in [1.165, 1.54) is 42.6 Å². The number of carbonyl (C=O) groups is 1. The Bertz CT molecular complexity index is 1150. The molecule has 1 aliphatic rings. The van der Waals surface area contributed by atoms with Crippen molar-refractivity contribution >= 4 is 44.8 Å². The van der Waals surface area contributed by atoms with Crippen molar-refractivity contribution in [1.82, 2.24) is 4.31 Å². The fourth-order valence-electron chi connectivity index (χ4n) is 3.73. The molecule has 11 heteroatoms. The molecule has 1 saturated heterocycles. The molecule has 3 rings (SSSR count). The Balaban J connectivity index is 1.66. The minimum absolute atomic E-state index is 0.0294. The molecule has 1 amide bonds. The first kappa shape index (κ1) is 26.7. The molecule has 0 radical (unpaired) electrons. The normalized spacial score (nSPS) is 15.9. The average molecular weight is 535 g/mol. The quantitative estimate of drug-likeness (QED) is 0.463. The van der Waals surface area contributed by atoms with Gasteiger partial charge >= 0.3 is 0 Å². The second-order valence-corrected chi connectivity index (χ2v) is 11.7. The summed E-state index contributed by atoms with van der Waals surface area (Å²) in [5.41, 5.74) is -1.32. The van der Waals surface area contributed by atoms with Crippen LogP contribution in [0.25, 0.3) is 0 Å². The fourth-order valence-corrected chi connectivity index (χ4v) is 5.17. The van der Waals surface area contributed by atoms with Gasteiger partial charge in [0.2, 0.25) is 15.9 Å². The molecule has 0 bridgehead atoms. The van der Waals surface area contributed by atoms with Gasteiger partial charge in [-0.05, 0) is 62.4 Å². The molecule has 34 heavy (non-hydrogen) atoms. The molecule has 1 heterocycles. The number of amides is 1. The number of hydrogen-bond donors (Lipinski definition) is 1. The molecule has 0 atom stereocenters. The molecule has 1 aliphatic heterocycles. The first-order valence-corrected chi connectivity index (χ1v) is 13.2. The van der Waals surface area contributed by atoms with Crippen molar-refractivity contribution in [2.24, 2.45) is 5.92 Å². The van der Waals surface area contributed by atoms with Crippen LogP contribution in [0.2, 0.25) is 10.0 Å².